The van der Waals surface area contributed by atoms with Crippen molar-refractivity contribution < 1.29 is 0 Å². The summed E-state index contributed by atoms with van der Waals surface area (Å²) in [4.78, 5) is 12.0. The molecule has 0 fully saturated rings. The molecule has 18 aromatic rings. The van der Waals surface area contributed by atoms with Gasteiger partial charge in [-0.2, -0.15) is 4.98 Å². The van der Waals surface area contributed by atoms with Crippen LogP contribution in [0.1, 0.15) is 0 Å². The van der Waals surface area contributed by atoms with Gasteiger partial charge in [-0.1, -0.05) is 212 Å². The maximum atomic E-state index is 6.06. The molecule has 0 radical (unpaired) electrons. The average Bonchev–Trinajstić information content (AvgIpc) is 1.66. The fraction of sp³-hybridized carbons (Fsp3) is 0. The SMILES string of the molecule is c1ccc(-n2c3ccccc3c3cc(-c4ccc5c(c4)c4ccccc4n5-c4cc([Si]5(c6ccccc6)c6ccccc6-c6ccccc65)nc(-n5c6ccccc6c6cc(-c7ccc8c(c7)c7ccccc7n8-c7ccccc7)ccc65)n4)ccc32)cc1. The minimum absolute atomic E-state index is 0.627. The Hall–Kier alpha value is -11.6. The quantitative estimate of drug-likeness (QED) is 0.142. The standard InChI is InChI=1S/C82H52N6Si/c1-4-22-57(23-5-1)85-70-34-16-10-28-60(70)66-48-53(40-44-74(66)85)55-42-46-76-68(50-55)62-30-12-18-36-72(62)87(76)80-52-81(89(59-26-8-3-9-27-59)78-38-20-14-32-64(78)65-33-15-21-39-79(65)89)84-82(83-80)88-73-37-19-13-31-63(73)69-51-56(43-47-77(69)88)54-41-45-75-67(49-54)61-29-11-17-35-71(61)86(75)58-24-6-2-7-25-58/h1-52H. The fourth-order valence-corrected chi connectivity index (χ4v) is 20.3. The maximum absolute atomic E-state index is 6.06. The van der Waals surface area contributed by atoms with Crippen LogP contribution in [-0.2, 0) is 0 Å². The van der Waals surface area contributed by atoms with Crippen molar-refractivity contribution in [3.05, 3.63) is 315 Å². The summed E-state index contributed by atoms with van der Waals surface area (Å²) < 4.78 is 9.49. The van der Waals surface area contributed by atoms with Gasteiger partial charge in [-0.25, -0.2) is 4.98 Å². The number of hydrogen-bond donors (Lipinski definition) is 0. The van der Waals surface area contributed by atoms with E-state index >= 15 is 0 Å². The van der Waals surface area contributed by atoms with Gasteiger partial charge >= 0.3 is 0 Å². The molecule has 1 aliphatic rings. The van der Waals surface area contributed by atoms with E-state index in [1.807, 2.05) is 0 Å². The first-order chi connectivity index (χ1) is 44.2. The fourth-order valence-electron chi connectivity index (χ4n) is 15.3. The Kier molecular flexibility index (Phi) is 10.7. The van der Waals surface area contributed by atoms with Crippen molar-refractivity contribution in [3.8, 4) is 56.5 Å². The second-order valence-electron chi connectivity index (χ2n) is 23.6. The van der Waals surface area contributed by atoms with Crippen LogP contribution in [0.3, 0.4) is 0 Å². The number of fused-ring (bicyclic) bond motifs is 15. The van der Waals surface area contributed by atoms with Crippen molar-refractivity contribution in [1.82, 2.24) is 28.2 Å². The number of aromatic nitrogens is 6. The van der Waals surface area contributed by atoms with E-state index < -0.39 is 8.07 Å². The Morgan fingerprint density at radius 1 is 0.236 bits per heavy atom. The molecule has 414 valence electrons. The Balaban J connectivity index is 0.844. The monoisotopic (exact) mass is 1150 g/mol. The molecule has 1 aliphatic heterocycles. The lowest BCUT2D eigenvalue weighted by Crippen LogP contribution is -2.73. The Labute approximate surface area is 513 Å². The largest absolute Gasteiger partial charge is 0.309 e. The van der Waals surface area contributed by atoms with Crippen molar-refractivity contribution in [1.29, 1.82) is 0 Å². The first kappa shape index (κ1) is 49.6. The molecule has 0 spiro atoms. The van der Waals surface area contributed by atoms with E-state index in [1.54, 1.807) is 0 Å². The molecule has 0 atom stereocenters. The summed E-state index contributed by atoms with van der Waals surface area (Å²) in [5.41, 5.74) is 18.4. The van der Waals surface area contributed by atoms with E-state index in [1.165, 1.54) is 75.9 Å². The van der Waals surface area contributed by atoms with E-state index in [0.717, 1.165) is 82.8 Å². The molecule has 19 rings (SSSR count). The van der Waals surface area contributed by atoms with Crippen LogP contribution in [0.2, 0.25) is 0 Å². The van der Waals surface area contributed by atoms with Gasteiger partial charge in [0.1, 0.15) is 5.82 Å². The van der Waals surface area contributed by atoms with Crippen molar-refractivity contribution in [2.24, 2.45) is 0 Å². The van der Waals surface area contributed by atoms with Gasteiger partial charge in [0.2, 0.25) is 14.0 Å². The summed E-state index contributed by atoms with van der Waals surface area (Å²) in [6.45, 7) is 0. The molecule has 0 bridgehead atoms. The molecule has 89 heavy (non-hydrogen) atoms. The molecule has 0 amide bonds. The topological polar surface area (TPSA) is 45.5 Å². The van der Waals surface area contributed by atoms with Gasteiger partial charge in [0.25, 0.3) is 0 Å². The normalized spacial score (nSPS) is 12.8. The first-order valence-corrected chi connectivity index (χ1v) is 32.6. The van der Waals surface area contributed by atoms with Crippen molar-refractivity contribution in [2.45, 2.75) is 0 Å². The van der Waals surface area contributed by atoms with E-state index in [4.69, 9.17) is 9.97 Å². The average molecular weight is 1150 g/mol. The van der Waals surface area contributed by atoms with Crippen molar-refractivity contribution in [3.63, 3.8) is 0 Å². The molecule has 5 aromatic heterocycles. The highest BCUT2D eigenvalue weighted by Gasteiger charge is 2.50. The van der Waals surface area contributed by atoms with Crippen LogP contribution in [0.15, 0.2) is 315 Å². The van der Waals surface area contributed by atoms with Crippen LogP contribution in [0.5, 0.6) is 0 Å². The summed E-state index contributed by atoms with van der Waals surface area (Å²) in [7, 11) is -3.20. The molecule has 0 aliphatic carbocycles. The van der Waals surface area contributed by atoms with E-state index in [-0.39, 0.29) is 0 Å². The predicted molar refractivity (Wildman–Crippen MR) is 373 cm³/mol. The Morgan fingerprint density at radius 3 is 1.00 bits per heavy atom. The number of para-hydroxylation sites is 6. The lowest BCUT2D eigenvalue weighted by Gasteiger charge is -2.30. The second-order valence-corrected chi connectivity index (χ2v) is 27.3. The van der Waals surface area contributed by atoms with E-state index in [9.17, 15) is 0 Å². The van der Waals surface area contributed by atoms with Gasteiger partial charge in [0, 0.05) is 59.8 Å². The van der Waals surface area contributed by atoms with E-state index in [0.29, 0.717) is 5.95 Å². The molecular formula is C82H52N6Si. The highest BCUT2D eigenvalue weighted by molar-refractivity contribution is 7.21. The third-order valence-electron chi connectivity index (χ3n) is 19.1. The Bertz CT molecular complexity index is 5590. The second kappa shape index (κ2) is 19.2. The molecule has 0 N–H and O–H groups in total. The lowest BCUT2D eigenvalue weighted by molar-refractivity contribution is 0.959. The summed E-state index contributed by atoms with van der Waals surface area (Å²) in [5, 5.41) is 14.5. The number of rotatable bonds is 8. The number of nitrogens with zero attached hydrogens (tertiary/aromatic N) is 6. The smallest absolute Gasteiger partial charge is 0.236 e. The molecule has 0 saturated heterocycles. The molecular weight excluding hydrogens is 1100 g/mol. The highest BCUT2D eigenvalue weighted by atomic mass is 28.3. The minimum Gasteiger partial charge on any atom is -0.309 e. The van der Waals surface area contributed by atoms with Crippen LogP contribution >= 0.6 is 0 Å². The molecule has 0 unspecified atom stereocenters. The van der Waals surface area contributed by atoms with Crippen LogP contribution < -0.4 is 20.9 Å². The lowest BCUT2D eigenvalue weighted by atomic mass is 10.0. The summed E-state index contributed by atoms with van der Waals surface area (Å²) in [5.74, 6) is 1.44. The van der Waals surface area contributed by atoms with Crippen LogP contribution in [0, 0.1) is 0 Å². The molecule has 13 aromatic carbocycles. The minimum atomic E-state index is -3.20. The predicted octanol–water partition coefficient (Wildman–Crippen LogP) is 17.6. The van der Waals surface area contributed by atoms with E-state index in [2.05, 4.69) is 334 Å². The molecule has 6 nitrogen and oxygen atoms in total. The van der Waals surface area contributed by atoms with Gasteiger partial charge in [-0.05, 0) is 152 Å². The zero-order valence-corrected chi connectivity index (χ0v) is 49.2. The molecule has 0 saturated carbocycles. The zero-order valence-electron chi connectivity index (χ0n) is 48.2. The third-order valence-corrected chi connectivity index (χ3v) is 23.8. The van der Waals surface area contributed by atoms with Gasteiger partial charge in [-0.15, -0.1) is 0 Å². The number of hydrogen-bond acceptors (Lipinski definition) is 2. The Morgan fingerprint density at radius 2 is 0.562 bits per heavy atom. The molecule has 7 heteroatoms. The van der Waals surface area contributed by atoms with Gasteiger partial charge in [0.05, 0.1) is 44.1 Å². The highest BCUT2D eigenvalue weighted by Crippen LogP contribution is 2.42. The van der Waals surface area contributed by atoms with Crippen LogP contribution in [-0.4, -0.2) is 36.3 Å². The first-order valence-electron chi connectivity index (χ1n) is 30.6. The summed E-state index contributed by atoms with van der Waals surface area (Å²) in [6.07, 6.45) is 0. The van der Waals surface area contributed by atoms with Gasteiger partial charge in [0.15, 0.2) is 0 Å². The van der Waals surface area contributed by atoms with Crippen LogP contribution in [0.4, 0.5) is 0 Å². The van der Waals surface area contributed by atoms with Crippen molar-refractivity contribution >= 4 is 116 Å². The summed E-state index contributed by atoms with van der Waals surface area (Å²) in [6, 6.07) is 116. The van der Waals surface area contributed by atoms with Gasteiger partial charge in [-0.3, -0.25) is 9.13 Å². The van der Waals surface area contributed by atoms with Crippen molar-refractivity contribution in [2.75, 3.05) is 0 Å². The third kappa shape index (κ3) is 7.19. The van der Waals surface area contributed by atoms with Crippen LogP contribution in [0.25, 0.3) is 144 Å². The maximum Gasteiger partial charge on any atom is 0.236 e. The zero-order chi connectivity index (χ0) is 58.3. The molecule has 6 heterocycles. The number of benzene rings is 13. The summed E-state index contributed by atoms with van der Waals surface area (Å²) >= 11 is 0. The van der Waals surface area contributed by atoms with Gasteiger partial charge < -0.3 is 9.13 Å².